The number of benzene rings is 2. The van der Waals surface area contributed by atoms with E-state index in [-0.39, 0.29) is 28.2 Å². The molecule has 2 aromatic carbocycles. The van der Waals surface area contributed by atoms with Crippen molar-refractivity contribution >= 4 is 34.0 Å². The molecule has 192 valence electrons. The number of amides is 1. The largest absolute Gasteiger partial charge is 0.435 e. The van der Waals surface area contributed by atoms with Crippen molar-refractivity contribution < 1.29 is 23.0 Å². The molecule has 5 rings (SSSR count). The molecular formula is C26H26F2N6O3. The van der Waals surface area contributed by atoms with E-state index in [4.69, 9.17) is 9.47 Å². The van der Waals surface area contributed by atoms with Crippen molar-refractivity contribution in [3.8, 4) is 11.6 Å². The van der Waals surface area contributed by atoms with Crippen LogP contribution in [0.1, 0.15) is 16.1 Å². The zero-order chi connectivity index (χ0) is 26.1. The lowest BCUT2D eigenvalue weighted by molar-refractivity contribution is 0.0825. The van der Waals surface area contributed by atoms with Gasteiger partial charge in [-0.25, -0.2) is 18.7 Å². The van der Waals surface area contributed by atoms with Gasteiger partial charge in [0, 0.05) is 55.7 Å². The number of anilines is 3. The van der Waals surface area contributed by atoms with Crippen molar-refractivity contribution in [3.63, 3.8) is 0 Å². The first-order valence-electron chi connectivity index (χ1n) is 11.7. The van der Waals surface area contributed by atoms with E-state index in [0.29, 0.717) is 24.6 Å². The van der Waals surface area contributed by atoms with Gasteiger partial charge in [-0.2, -0.15) is 0 Å². The van der Waals surface area contributed by atoms with Crippen LogP contribution in [0, 0.1) is 18.6 Å². The number of ether oxygens (including phenoxy) is 2. The normalized spacial score (nSPS) is 13.6. The van der Waals surface area contributed by atoms with Gasteiger partial charge in [-0.05, 0) is 37.3 Å². The fraction of sp³-hybridized carbons (Fsp3) is 0.269. The van der Waals surface area contributed by atoms with Gasteiger partial charge in [-0.3, -0.25) is 4.79 Å². The average Bonchev–Trinajstić information content (AvgIpc) is 3.30. The third-order valence-corrected chi connectivity index (χ3v) is 6.05. The Balaban J connectivity index is 1.48. The lowest BCUT2D eigenvalue weighted by Crippen LogP contribution is -2.36. The number of carbonyl (C=O) groups excluding carboxylic acids is 1. The summed E-state index contributed by atoms with van der Waals surface area (Å²) < 4.78 is 41.0. The molecule has 2 aromatic heterocycles. The number of H-pyrrole nitrogens is 1. The van der Waals surface area contributed by atoms with Gasteiger partial charge >= 0.3 is 0 Å². The predicted molar refractivity (Wildman–Crippen MR) is 136 cm³/mol. The summed E-state index contributed by atoms with van der Waals surface area (Å²) >= 11 is 0. The van der Waals surface area contributed by atoms with E-state index in [1.165, 1.54) is 17.3 Å². The van der Waals surface area contributed by atoms with Crippen LogP contribution in [0.3, 0.4) is 0 Å². The Morgan fingerprint density at radius 1 is 1.14 bits per heavy atom. The molecule has 0 saturated carbocycles. The Morgan fingerprint density at radius 2 is 1.86 bits per heavy atom. The number of nitrogens with zero attached hydrogens (tertiary/aromatic N) is 4. The van der Waals surface area contributed by atoms with Crippen molar-refractivity contribution in [1.29, 1.82) is 0 Å². The molecule has 0 unspecified atom stereocenters. The molecule has 0 aliphatic carbocycles. The van der Waals surface area contributed by atoms with E-state index in [1.54, 1.807) is 21.0 Å². The molecule has 37 heavy (non-hydrogen) atoms. The van der Waals surface area contributed by atoms with Crippen LogP contribution in [-0.2, 0) is 4.74 Å². The van der Waals surface area contributed by atoms with E-state index in [1.807, 2.05) is 24.3 Å². The zero-order valence-electron chi connectivity index (χ0n) is 20.6. The molecule has 0 atom stereocenters. The molecule has 0 bridgehead atoms. The van der Waals surface area contributed by atoms with Gasteiger partial charge < -0.3 is 29.6 Å². The molecule has 1 aliphatic rings. The zero-order valence-corrected chi connectivity index (χ0v) is 20.6. The summed E-state index contributed by atoms with van der Waals surface area (Å²) in [4.78, 5) is 27.8. The molecule has 3 heterocycles. The number of aromatic amines is 1. The molecule has 1 fully saturated rings. The second-order valence-electron chi connectivity index (χ2n) is 8.89. The SMILES string of the molecule is Cc1cc2c(F)c(Oc3ncnc(Nc4ccc(N5CCOCC5)cc4)c3C(=O)N(C)C)cc(F)c2[nH]1. The van der Waals surface area contributed by atoms with E-state index in [2.05, 4.69) is 25.2 Å². The lowest BCUT2D eigenvalue weighted by atomic mass is 10.2. The van der Waals surface area contributed by atoms with E-state index in [9.17, 15) is 9.18 Å². The first-order chi connectivity index (χ1) is 17.8. The van der Waals surface area contributed by atoms with E-state index in [0.717, 1.165) is 24.8 Å². The monoisotopic (exact) mass is 508 g/mol. The number of aromatic nitrogens is 3. The first kappa shape index (κ1) is 24.4. The number of nitrogens with one attached hydrogen (secondary N) is 2. The number of carbonyl (C=O) groups is 1. The summed E-state index contributed by atoms with van der Waals surface area (Å²) in [5, 5.41) is 3.17. The molecule has 11 heteroatoms. The van der Waals surface area contributed by atoms with Crippen LogP contribution >= 0.6 is 0 Å². The minimum atomic E-state index is -0.768. The standard InChI is InChI=1S/C26H26F2N6O3/c1-15-12-18-22(28)20(13-19(27)23(18)31-15)37-25-21(26(35)33(2)3)24(29-14-30-25)32-16-4-6-17(7-5-16)34-8-10-36-11-9-34/h4-7,12-14,31H,8-11H2,1-3H3,(H,29,30,32). The number of halogens is 2. The molecule has 1 aliphatic heterocycles. The van der Waals surface area contributed by atoms with Crippen LogP contribution in [0.2, 0.25) is 0 Å². The molecule has 0 spiro atoms. The second kappa shape index (κ2) is 10.0. The summed E-state index contributed by atoms with van der Waals surface area (Å²) in [7, 11) is 3.13. The number of aryl methyl sites for hydroxylation is 1. The number of hydrogen-bond acceptors (Lipinski definition) is 7. The number of fused-ring (bicyclic) bond motifs is 1. The number of morpholine rings is 1. The third kappa shape index (κ3) is 4.90. The lowest BCUT2D eigenvalue weighted by Gasteiger charge is -2.29. The Hall–Kier alpha value is -4.25. The van der Waals surface area contributed by atoms with Gasteiger partial charge in [0.15, 0.2) is 23.2 Å². The van der Waals surface area contributed by atoms with Crippen LogP contribution < -0.4 is 15.0 Å². The number of rotatable bonds is 6. The smallest absolute Gasteiger partial charge is 0.262 e. The highest BCUT2D eigenvalue weighted by Crippen LogP contribution is 2.35. The molecule has 2 N–H and O–H groups in total. The summed E-state index contributed by atoms with van der Waals surface area (Å²) in [6.45, 7) is 4.68. The highest BCUT2D eigenvalue weighted by molar-refractivity contribution is 6.01. The van der Waals surface area contributed by atoms with Crippen molar-refractivity contribution in [3.05, 3.63) is 65.6 Å². The fourth-order valence-corrected chi connectivity index (χ4v) is 4.18. The summed E-state index contributed by atoms with van der Waals surface area (Å²) in [6, 6.07) is 10.1. The van der Waals surface area contributed by atoms with Crippen molar-refractivity contribution in [2.45, 2.75) is 6.92 Å². The van der Waals surface area contributed by atoms with Crippen molar-refractivity contribution in [2.75, 3.05) is 50.6 Å². The van der Waals surface area contributed by atoms with Gasteiger partial charge in [0.25, 0.3) is 5.91 Å². The van der Waals surface area contributed by atoms with Gasteiger partial charge in [0.2, 0.25) is 5.88 Å². The Bertz CT molecular complexity index is 1450. The summed E-state index contributed by atoms with van der Waals surface area (Å²) in [5.74, 6) is -2.35. The molecule has 1 saturated heterocycles. The van der Waals surface area contributed by atoms with Gasteiger partial charge in [-0.15, -0.1) is 0 Å². The van der Waals surface area contributed by atoms with Gasteiger partial charge in [0.05, 0.1) is 18.7 Å². The minimum Gasteiger partial charge on any atom is -0.435 e. The maximum atomic E-state index is 15.2. The second-order valence-corrected chi connectivity index (χ2v) is 8.89. The predicted octanol–water partition coefficient (Wildman–Crippen LogP) is 4.62. The van der Waals surface area contributed by atoms with Crippen LogP contribution in [0.25, 0.3) is 10.9 Å². The van der Waals surface area contributed by atoms with E-state index >= 15 is 4.39 Å². The quantitative estimate of drug-likeness (QED) is 0.392. The highest BCUT2D eigenvalue weighted by Gasteiger charge is 2.25. The summed E-state index contributed by atoms with van der Waals surface area (Å²) in [6.07, 6.45) is 1.19. The number of hydrogen-bond donors (Lipinski definition) is 2. The molecule has 0 radical (unpaired) electrons. The average molecular weight is 509 g/mol. The van der Waals surface area contributed by atoms with Crippen LogP contribution in [0.5, 0.6) is 11.6 Å². The first-order valence-corrected chi connectivity index (χ1v) is 11.7. The van der Waals surface area contributed by atoms with Crippen molar-refractivity contribution in [2.24, 2.45) is 0 Å². The molecule has 4 aromatic rings. The molecule has 1 amide bonds. The Kier molecular flexibility index (Phi) is 6.62. The van der Waals surface area contributed by atoms with Crippen LogP contribution in [-0.4, -0.2) is 66.2 Å². The summed E-state index contributed by atoms with van der Waals surface area (Å²) in [5.41, 5.74) is 2.35. The maximum Gasteiger partial charge on any atom is 0.262 e. The van der Waals surface area contributed by atoms with Gasteiger partial charge in [-0.1, -0.05) is 0 Å². The molecular weight excluding hydrogens is 482 g/mol. The highest BCUT2D eigenvalue weighted by atomic mass is 19.1. The third-order valence-electron chi connectivity index (χ3n) is 6.05. The van der Waals surface area contributed by atoms with Crippen LogP contribution in [0.4, 0.5) is 26.0 Å². The van der Waals surface area contributed by atoms with Crippen LogP contribution in [0.15, 0.2) is 42.7 Å². The Morgan fingerprint density at radius 3 is 2.57 bits per heavy atom. The van der Waals surface area contributed by atoms with E-state index < -0.39 is 23.3 Å². The fourth-order valence-electron chi connectivity index (χ4n) is 4.18. The topological polar surface area (TPSA) is 95.6 Å². The Labute approximate surface area is 212 Å². The van der Waals surface area contributed by atoms with Gasteiger partial charge in [0.1, 0.15) is 11.9 Å². The minimum absolute atomic E-state index is 0.0186. The van der Waals surface area contributed by atoms with Crippen molar-refractivity contribution in [1.82, 2.24) is 19.9 Å². The maximum absolute atomic E-state index is 15.2. The molecule has 9 nitrogen and oxygen atoms in total.